The second-order valence-electron chi connectivity index (χ2n) is 15.8. The highest BCUT2D eigenvalue weighted by Crippen LogP contribution is 2.28. The quantitative estimate of drug-likeness (QED) is 0.0867. The van der Waals surface area contributed by atoms with Gasteiger partial charge in [0.15, 0.2) is 5.78 Å². The van der Waals surface area contributed by atoms with Crippen LogP contribution in [-0.4, -0.2) is 132 Å². The van der Waals surface area contributed by atoms with Crippen molar-refractivity contribution in [2.24, 2.45) is 0 Å². The van der Waals surface area contributed by atoms with Gasteiger partial charge in [-0.2, -0.15) is 17.6 Å². The topological polar surface area (TPSA) is 139 Å². The number of nitrogens with zero attached hydrogens (tertiary/aromatic N) is 8. The zero-order valence-electron chi connectivity index (χ0n) is 37.6. The summed E-state index contributed by atoms with van der Waals surface area (Å²) in [6.45, 7) is 9.74. The minimum absolute atomic E-state index is 0.100. The summed E-state index contributed by atoms with van der Waals surface area (Å²) in [6.07, 6.45) is -6.19. The van der Waals surface area contributed by atoms with Gasteiger partial charge in [-0.25, -0.2) is 27.2 Å². The molecule has 0 radical (unpaired) electrons. The molecule has 3 heterocycles. The molecule has 0 bridgehead atoms. The molecule has 5 amide bonds. The summed E-state index contributed by atoms with van der Waals surface area (Å²) in [6, 6.07) is 17.5. The van der Waals surface area contributed by atoms with E-state index in [1.165, 1.54) is 82.6 Å². The van der Waals surface area contributed by atoms with Crippen LogP contribution in [0.1, 0.15) is 47.6 Å². The lowest BCUT2D eigenvalue weighted by Crippen LogP contribution is -2.52. The number of rotatable bonds is 14. The number of halogens is 8. The van der Waals surface area contributed by atoms with Crippen molar-refractivity contribution in [2.45, 2.75) is 39.8 Å². The van der Waals surface area contributed by atoms with Gasteiger partial charge in [0, 0.05) is 86.0 Å². The van der Waals surface area contributed by atoms with Crippen LogP contribution in [0.4, 0.5) is 56.1 Å². The Morgan fingerprint density at radius 1 is 0.623 bits per heavy atom. The van der Waals surface area contributed by atoms with E-state index in [1.807, 2.05) is 6.92 Å². The van der Waals surface area contributed by atoms with Gasteiger partial charge in [0.1, 0.15) is 23.3 Å². The van der Waals surface area contributed by atoms with E-state index < -0.39 is 60.2 Å². The highest BCUT2D eigenvalue weighted by Gasteiger charge is 2.29. The molecule has 22 heteroatoms. The number of anilines is 2. The van der Waals surface area contributed by atoms with Gasteiger partial charge >= 0.3 is 24.9 Å². The van der Waals surface area contributed by atoms with E-state index in [0.717, 1.165) is 38.3 Å². The molecule has 1 aromatic heterocycles. The van der Waals surface area contributed by atoms with Crippen LogP contribution in [0.2, 0.25) is 0 Å². The summed E-state index contributed by atoms with van der Waals surface area (Å²) in [5.74, 6) is -5.82. The number of carbonyl (C=O) groups excluding carboxylic acids is 4. The number of carbonyl (C=O) groups is 4. The number of amides is 5. The Morgan fingerprint density at radius 2 is 1.09 bits per heavy atom. The van der Waals surface area contributed by atoms with Gasteiger partial charge in [-0.15, -0.1) is 10.2 Å². The molecule has 4 aromatic carbocycles. The van der Waals surface area contributed by atoms with Crippen molar-refractivity contribution in [2.75, 3.05) is 81.8 Å². The predicted octanol–water partition coefficient (Wildman–Crippen LogP) is 8.01. The van der Waals surface area contributed by atoms with Crippen LogP contribution in [0.15, 0.2) is 89.3 Å². The number of ketones is 1. The standard InChI is InChI=1S/C24H26F4N4O3.C23H23F4N5O2/c1-2-30-9-11-31(12-10-30)24(35)32(19-7-5-18(25)6-8-19)15-17-4-3-16(13-20(17)26)21(33)14-29-23(34)22(27)28;1-2-30-9-11-31(12-10-30)23(33)32(18-7-5-17(24)6-8-18)14-16-4-3-15(13-19(16)25)21-28-29-22(34-21)20(26)27/h3-8,13,22H,2,9-12,14-15H2,1H3,(H,29,34);3-8,13,20H,2,9-12,14H2,1H3. The van der Waals surface area contributed by atoms with Gasteiger partial charge in [0.05, 0.1) is 19.6 Å². The largest absolute Gasteiger partial charge is 0.415 e. The van der Waals surface area contributed by atoms with Crippen LogP contribution in [0, 0.1) is 23.3 Å². The average molecular weight is 972 g/mol. The number of aromatic nitrogens is 2. The molecule has 2 saturated heterocycles. The number of hydrogen-bond acceptors (Lipinski definition) is 9. The molecule has 0 saturated carbocycles. The first-order chi connectivity index (χ1) is 33.0. The lowest BCUT2D eigenvalue weighted by molar-refractivity contribution is -0.131. The third-order valence-electron chi connectivity index (χ3n) is 11.5. The SMILES string of the molecule is CCN1CCN(C(=O)N(Cc2ccc(-c3nnc(C(F)F)o3)cc2F)c2ccc(F)cc2)CC1.CCN1CCN(C(=O)N(Cc2ccc(C(=O)CNC(=O)C(F)F)cc2F)c2ccc(F)cc2)CC1. The van der Waals surface area contributed by atoms with Crippen LogP contribution < -0.4 is 15.1 Å². The lowest BCUT2D eigenvalue weighted by Gasteiger charge is -2.37. The van der Waals surface area contributed by atoms with Crippen molar-refractivity contribution < 1.29 is 58.7 Å². The second kappa shape index (κ2) is 23.9. The number of benzene rings is 4. The maximum absolute atomic E-state index is 15.0. The minimum atomic E-state index is -3.26. The highest BCUT2D eigenvalue weighted by molar-refractivity contribution is 5.99. The fraction of sp³-hybridized carbons (Fsp3) is 0.362. The van der Waals surface area contributed by atoms with Crippen LogP contribution >= 0.6 is 0 Å². The summed E-state index contributed by atoms with van der Waals surface area (Å²) in [7, 11) is 0. The van der Waals surface area contributed by atoms with Crippen LogP contribution in [0.5, 0.6) is 0 Å². The Labute approximate surface area is 392 Å². The maximum atomic E-state index is 15.0. The number of likely N-dealkylation sites (N-methyl/N-ethyl adjacent to an activating group) is 2. The second-order valence-corrected chi connectivity index (χ2v) is 15.8. The van der Waals surface area contributed by atoms with Gasteiger partial charge in [0.25, 0.3) is 11.8 Å². The minimum Gasteiger partial charge on any atom is -0.415 e. The summed E-state index contributed by atoms with van der Waals surface area (Å²) in [4.78, 5) is 60.3. The summed E-state index contributed by atoms with van der Waals surface area (Å²) >= 11 is 0. The van der Waals surface area contributed by atoms with Gasteiger partial charge in [-0.05, 0) is 79.8 Å². The maximum Gasteiger partial charge on any atom is 0.324 e. The molecule has 7 rings (SSSR count). The van der Waals surface area contributed by atoms with Gasteiger partial charge < -0.3 is 29.3 Å². The van der Waals surface area contributed by atoms with Crippen molar-refractivity contribution in [3.8, 4) is 11.5 Å². The molecule has 2 aliphatic heterocycles. The summed E-state index contributed by atoms with van der Waals surface area (Å²) in [5.41, 5.74) is 1.10. The monoisotopic (exact) mass is 971 g/mol. The van der Waals surface area contributed by atoms with Gasteiger partial charge in [0.2, 0.25) is 5.89 Å². The van der Waals surface area contributed by atoms with Gasteiger partial charge in [-0.1, -0.05) is 32.0 Å². The third kappa shape index (κ3) is 13.6. The smallest absolute Gasteiger partial charge is 0.324 e. The van der Waals surface area contributed by atoms with Crippen LogP contribution in [0.25, 0.3) is 11.5 Å². The zero-order valence-corrected chi connectivity index (χ0v) is 37.6. The first kappa shape index (κ1) is 51.5. The molecule has 0 spiro atoms. The molecule has 69 heavy (non-hydrogen) atoms. The normalized spacial score (nSPS) is 14.4. The zero-order chi connectivity index (χ0) is 49.8. The summed E-state index contributed by atoms with van der Waals surface area (Å²) in [5, 5.41) is 8.55. The number of Topliss-reactive ketones (excluding diaryl/α,β-unsaturated/α-hetero) is 1. The average Bonchev–Trinajstić information content (AvgIpc) is 3.87. The van der Waals surface area contributed by atoms with E-state index in [9.17, 15) is 54.3 Å². The molecule has 0 atom stereocenters. The Kier molecular flexibility index (Phi) is 17.8. The molecular weight excluding hydrogens is 923 g/mol. The van der Waals surface area contributed by atoms with Crippen LogP contribution in [0.3, 0.4) is 0 Å². The molecule has 2 fully saturated rings. The Balaban J connectivity index is 0.000000227. The predicted molar refractivity (Wildman–Crippen MR) is 238 cm³/mol. The van der Waals surface area contributed by atoms with E-state index in [4.69, 9.17) is 4.42 Å². The van der Waals surface area contributed by atoms with E-state index in [-0.39, 0.29) is 53.3 Å². The van der Waals surface area contributed by atoms with E-state index in [2.05, 4.69) is 26.9 Å². The number of hydrogen-bond donors (Lipinski definition) is 1. The van der Waals surface area contributed by atoms with E-state index in [1.54, 1.807) is 15.1 Å². The summed E-state index contributed by atoms with van der Waals surface area (Å²) < 4.78 is 112. The number of piperazine rings is 2. The molecule has 1 N–H and O–H groups in total. The lowest BCUT2D eigenvalue weighted by atomic mass is 10.1. The first-order valence-electron chi connectivity index (χ1n) is 21.9. The van der Waals surface area contributed by atoms with Gasteiger partial charge in [-0.3, -0.25) is 19.4 Å². The van der Waals surface area contributed by atoms with Crippen molar-refractivity contribution in [3.63, 3.8) is 0 Å². The molecule has 0 unspecified atom stereocenters. The van der Waals surface area contributed by atoms with E-state index >= 15 is 0 Å². The third-order valence-corrected chi connectivity index (χ3v) is 11.5. The van der Waals surface area contributed by atoms with Crippen molar-refractivity contribution in [1.82, 2.24) is 35.1 Å². The first-order valence-corrected chi connectivity index (χ1v) is 21.9. The Hall–Kier alpha value is -6.94. The number of alkyl halides is 4. The Morgan fingerprint density at radius 3 is 1.49 bits per heavy atom. The van der Waals surface area contributed by atoms with Crippen LogP contribution in [-0.2, 0) is 17.9 Å². The number of urea groups is 2. The van der Waals surface area contributed by atoms with Crippen molar-refractivity contribution in [1.29, 1.82) is 0 Å². The molecule has 2 aliphatic rings. The van der Waals surface area contributed by atoms with E-state index in [0.29, 0.717) is 50.6 Å². The molecule has 14 nitrogen and oxygen atoms in total. The van der Waals surface area contributed by atoms with Crippen molar-refractivity contribution in [3.05, 3.63) is 131 Å². The molecule has 368 valence electrons. The molecule has 5 aromatic rings. The highest BCUT2D eigenvalue weighted by atomic mass is 19.3. The molecule has 0 aliphatic carbocycles. The van der Waals surface area contributed by atoms with Crippen molar-refractivity contribution >= 4 is 35.1 Å². The fourth-order valence-corrected chi connectivity index (χ4v) is 7.42. The Bertz CT molecular complexity index is 2540. The fourth-order valence-electron chi connectivity index (χ4n) is 7.42. The molecular formula is C47H49F8N9O5. The number of nitrogens with one attached hydrogen (secondary N) is 1.